The van der Waals surface area contributed by atoms with E-state index in [9.17, 15) is 5.11 Å². The van der Waals surface area contributed by atoms with Gasteiger partial charge in [-0.1, -0.05) is 36.8 Å². The summed E-state index contributed by atoms with van der Waals surface area (Å²) in [7, 11) is 0. The van der Waals surface area contributed by atoms with E-state index in [-0.39, 0.29) is 0 Å². The van der Waals surface area contributed by atoms with Crippen molar-refractivity contribution in [3.8, 4) is 0 Å². The molecule has 2 rings (SSSR count). The molecular weight excluding hydrogens is 260 g/mol. The molecule has 1 aromatic heterocycles. The molecule has 1 heterocycles. The smallest absolute Gasteiger partial charge is 0.0919 e. The molecule has 0 amide bonds. The van der Waals surface area contributed by atoms with E-state index in [1.807, 2.05) is 30.5 Å². The average molecular weight is 284 g/mol. The average Bonchev–Trinajstić information content (AvgIpc) is 2.47. The number of hydrogen-bond donors (Lipinski definition) is 1. The lowest BCUT2D eigenvalue weighted by atomic mass is 10.0. The Morgan fingerprint density at radius 2 is 2.00 bits per heavy atom. The Balaban J connectivity index is 2.04. The van der Waals surface area contributed by atoms with Gasteiger partial charge in [0, 0.05) is 19.3 Å². The first-order valence-electron chi connectivity index (χ1n) is 7.47. The number of hydrogen-bond acceptors (Lipinski definition) is 3. The van der Waals surface area contributed by atoms with Gasteiger partial charge >= 0.3 is 0 Å². The molecule has 3 heteroatoms. The number of benzene rings is 1. The van der Waals surface area contributed by atoms with Crippen molar-refractivity contribution in [2.24, 2.45) is 0 Å². The molecule has 0 radical (unpaired) electrons. The lowest BCUT2D eigenvalue weighted by molar-refractivity contribution is 0.111. The number of nitrogens with zero attached hydrogens (tertiary/aromatic N) is 2. The number of aromatic nitrogens is 1. The van der Waals surface area contributed by atoms with E-state index in [2.05, 4.69) is 42.8 Å². The van der Waals surface area contributed by atoms with Crippen molar-refractivity contribution < 1.29 is 5.11 Å². The third-order valence-electron chi connectivity index (χ3n) is 3.77. The van der Waals surface area contributed by atoms with Gasteiger partial charge in [0.05, 0.1) is 11.8 Å². The quantitative estimate of drug-likeness (QED) is 0.884. The van der Waals surface area contributed by atoms with E-state index in [0.717, 1.165) is 29.9 Å². The molecule has 1 N–H and O–H groups in total. The summed E-state index contributed by atoms with van der Waals surface area (Å²) in [6, 6.07) is 12.1. The van der Waals surface area contributed by atoms with E-state index < -0.39 is 6.10 Å². The summed E-state index contributed by atoms with van der Waals surface area (Å²) in [5.41, 5.74) is 4.42. The summed E-state index contributed by atoms with van der Waals surface area (Å²) in [5.74, 6) is 0. The molecule has 0 bridgehead atoms. The van der Waals surface area contributed by atoms with Gasteiger partial charge in [0.1, 0.15) is 0 Å². The molecule has 0 saturated carbocycles. The maximum Gasteiger partial charge on any atom is 0.0919 e. The third kappa shape index (κ3) is 4.38. The number of aliphatic hydroxyl groups is 1. The Morgan fingerprint density at radius 3 is 2.62 bits per heavy atom. The molecule has 0 fully saturated rings. The van der Waals surface area contributed by atoms with Gasteiger partial charge in [0.2, 0.25) is 0 Å². The van der Waals surface area contributed by atoms with Gasteiger partial charge in [-0.25, -0.2) is 0 Å². The molecule has 3 nitrogen and oxygen atoms in total. The van der Waals surface area contributed by atoms with Crippen LogP contribution in [-0.4, -0.2) is 28.1 Å². The van der Waals surface area contributed by atoms with E-state index >= 15 is 0 Å². The third-order valence-corrected chi connectivity index (χ3v) is 3.77. The van der Waals surface area contributed by atoms with Gasteiger partial charge in [0.15, 0.2) is 0 Å². The summed E-state index contributed by atoms with van der Waals surface area (Å²) in [5, 5.41) is 10.5. The van der Waals surface area contributed by atoms with E-state index in [0.29, 0.717) is 6.54 Å². The lowest BCUT2D eigenvalue weighted by Gasteiger charge is -2.24. The molecule has 1 aromatic carbocycles. The predicted molar refractivity (Wildman–Crippen MR) is 86.1 cm³/mol. The molecule has 0 saturated heterocycles. The van der Waals surface area contributed by atoms with Crippen LogP contribution in [0.2, 0.25) is 0 Å². The van der Waals surface area contributed by atoms with Crippen molar-refractivity contribution >= 4 is 0 Å². The molecule has 0 aliphatic rings. The second kappa shape index (κ2) is 7.34. The number of likely N-dealkylation sites (N-methyl/N-ethyl adjacent to an activating group) is 1. The molecule has 1 atom stereocenters. The van der Waals surface area contributed by atoms with Gasteiger partial charge < -0.3 is 5.11 Å². The Bertz CT molecular complexity index is 569. The summed E-state index contributed by atoms with van der Waals surface area (Å²) in [4.78, 5) is 6.57. The number of aryl methyl sites for hydroxylation is 2. The van der Waals surface area contributed by atoms with Crippen LogP contribution in [0.25, 0.3) is 0 Å². The Hall–Kier alpha value is -1.71. The molecule has 0 spiro atoms. The Labute approximate surface area is 127 Å². The van der Waals surface area contributed by atoms with Crippen molar-refractivity contribution in [1.29, 1.82) is 0 Å². The summed E-state index contributed by atoms with van der Waals surface area (Å²) in [6.07, 6.45) is 1.35. The first-order valence-corrected chi connectivity index (χ1v) is 7.47. The largest absolute Gasteiger partial charge is 0.387 e. The van der Waals surface area contributed by atoms with Crippen LogP contribution in [0.1, 0.15) is 35.4 Å². The molecule has 1 unspecified atom stereocenters. The molecule has 0 aliphatic carbocycles. The van der Waals surface area contributed by atoms with E-state index in [1.54, 1.807) is 0 Å². The molecule has 21 heavy (non-hydrogen) atoms. The molecule has 112 valence electrons. The number of aliphatic hydroxyl groups excluding tert-OH is 1. The van der Waals surface area contributed by atoms with Crippen LogP contribution in [0.5, 0.6) is 0 Å². The highest BCUT2D eigenvalue weighted by atomic mass is 16.3. The summed E-state index contributed by atoms with van der Waals surface area (Å²) < 4.78 is 0. The fourth-order valence-electron chi connectivity index (χ4n) is 2.57. The predicted octanol–water partition coefficient (Wildman–Crippen LogP) is 3.25. The first-order chi connectivity index (χ1) is 10.1. The fourth-order valence-corrected chi connectivity index (χ4v) is 2.57. The SMILES string of the molecule is CCN(Cc1ccccn1)CC(O)c1ccc(C)cc1C. The second-order valence-corrected chi connectivity index (χ2v) is 5.52. The van der Waals surface area contributed by atoms with Gasteiger partial charge in [-0.3, -0.25) is 9.88 Å². The summed E-state index contributed by atoms with van der Waals surface area (Å²) >= 11 is 0. The van der Waals surface area contributed by atoms with Gasteiger partial charge in [-0.05, 0) is 43.7 Å². The van der Waals surface area contributed by atoms with Crippen LogP contribution in [0, 0.1) is 13.8 Å². The Kier molecular flexibility index (Phi) is 5.48. The minimum Gasteiger partial charge on any atom is -0.387 e. The zero-order valence-electron chi connectivity index (χ0n) is 13.1. The van der Waals surface area contributed by atoms with Gasteiger partial charge in [-0.15, -0.1) is 0 Å². The van der Waals surface area contributed by atoms with Gasteiger partial charge in [-0.2, -0.15) is 0 Å². The standard InChI is InChI=1S/C18H24N2O/c1-4-20(12-16-7-5-6-10-19-16)13-18(21)17-9-8-14(2)11-15(17)3/h5-11,18,21H,4,12-13H2,1-3H3. The van der Waals surface area contributed by atoms with Crippen molar-refractivity contribution in [3.63, 3.8) is 0 Å². The van der Waals surface area contributed by atoms with Crippen LogP contribution in [-0.2, 0) is 6.54 Å². The van der Waals surface area contributed by atoms with E-state index in [1.165, 1.54) is 5.56 Å². The van der Waals surface area contributed by atoms with Crippen molar-refractivity contribution in [3.05, 3.63) is 65.0 Å². The minimum absolute atomic E-state index is 0.464. The van der Waals surface area contributed by atoms with Crippen molar-refractivity contribution in [2.75, 3.05) is 13.1 Å². The van der Waals surface area contributed by atoms with E-state index in [4.69, 9.17) is 0 Å². The lowest BCUT2D eigenvalue weighted by Crippen LogP contribution is -2.28. The van der Waals surface area contributed by atoms with Crippen LogP contribution in [0.4, 0.5) is 0 Å². The zero-order chi connectivity index (χ0) is 15.2. The van der Waals surface area contributed by atoms with Crippen molar-refractivity contribution in [2.45, 2.75) is 33.4 Å². The molecule has 2 aromatic rings. The normalized spacial score (nSPS) is 12.6. The highest BCUT2D eigenvalue weighted by Crippen LogP contribution is 2.20. The second-order valence-electron chi connectivity index (χ2n) is 5.52. The first kappa shape index (κ1) is 15.7. The maximum absolute atomic E-state index is 10.5. The molecule has 0 aliphatic heterocycles. The molecular formula is C18H24N2O. The number of rotatable bonds is 6. The zero-order valence-corrected chi connectivity index (χ0v) is 13.1. The minimum atomic E-state index is -0.464. The Morgan fingerprint density at radius 1 is 1.19 bits per heavy atom. The monoisotopic (exact) mass is 284 g/mol. The van der Waals surface area contributed by atoms with Crippen molar-refractivity contribution in [1.82, 2.24) is 9.88 Å². The highest BCUT2D eigenvalue weighted by molar-refractivity contribution is 5.32. The van der Waals surface area contributed by atoms with Crippen LogP contribution < -0.4 is 0 Å². The highest BCUT2D eigenvalue weighted by Gasteiger charge is 2.15. The maximum atomic E-state index is 10.5. The van der Waals surface area contributed by atoms with Crippen LogP contribution in [0.15, 0.2) is 42.6 Å². The number of pyridine rings is 1. The van der Waals surface area contributed by atoms with Gasteiger partial charge in [0.25, 0.3) is 0 Å². The van der Waals surface area contributed by atoms with Crippen LogP contribution in [0.3, 0.4) is 0 Å². The topological polar surface area (TPSA) is 36.4 Å². The fraction of sp³-hybridized carbons (Fsp3) is 0.389. The van der Waals surface area contributed by atoms with Crippen LogP contribution >= 0.6 is 0 Å². The summed E-state index contributed by atoms with van der Waals surface area (Å²) in [6.45, 7) is 8.51.